The van der Waals surface area contributed by atoms with Crippen molar-refractivity contribution >= 4 is 29.0 Å². The predicted molar refractivity (Wildman–Crippen MR) is 130 cm³/mol. The number of hydrogen-bond acceptors (Lipinski definition) is 7. The van der Waals surface area contributed by atoms with E-state index in [0.717, 1.165) is 58.3 Å². The smallest absolute Gasteiger partial charge is 0.255 e. The van der Waals surface area contributed by atoms with Gasteiger partial charge in [0.25, 0.3) is 5.91 Å². The van der Waals surface area contributed by atoms with Crippen molar-refractivity contribution in [2.24, 2.45) is 5.92 Å². The largest absolute Gasteiger partial charge is 0.496 e. The Morgan fingerprint density at radius 2 is 1.91 bits per heavy atom. The van der Waals surface area contributed by atoms with Crippen LogP contribution in [0.3, 0.4) is 0 Å². The second-order valence-corrected chi connectivity index (χ2v) is 9.36. The number of nitrogen functional groups attached to an aromatic ring is 1. The lowest BCUT2D eigenvalue weighted by atomic mass is 9.84. The number of nitrogens with one attached hydrogen (secondary N) is 2. The van der Waals surface area contributed by atoms with E-state index in [9.17, 15) is 9.59 Å². The lowest BCUT2D eigenvalue weighted by Crippen LogP contribution is -2.54. The zero-order valence-electron chi connectivity index (χ0n) is 19.7. The minimum atomic E-state index is -0.224. The van der Waals surface area contributed by atoms with Crippen LogP contribution in [0.25, 0.3) is 0 Å². The lowest BCUT2D eigenvalue weighted by molar-refractivity contribution is -0.127. The molecule has 2 fully saturated rings. The zero-order valence-corrected chi connectivity index (χ0v) is 20.5. The highest BCUT2D eigenvalue weighted by Gasteiger charge is 2.36. The number of halogens is 1. The monoisotopic (exact) mass is 480 g/mol. The third kappa shape index (κ3) is 6.82. The fraction of sp³-hybridized carbons (Fsp3) is 0.667. The minimum absolute atomic E-state index is 0.0343. The average molecular weight is 481 g/mol. The van der Waals surface area contributed by atoms with Crippen LogP contribution in [0.1, 0.15) is 48.9 Å². The van der Waals surface area contributed by atoms with Crippen molar-refractivity contribution in [3.05, 3.63) is 22.7 Å². The summed E-state index contributed by atoms with van der Waals surface area (Å²) in [5.41, 5.74) is 6.58. The molecule has 0 radical (unpaired) electrons. The van der Waals surface area contributed by atoms with Gasteiger partial charge in [0, 0.05) is 45.3 Å². The first-order valence-corrected chi connectivity index (χ1v) is 12.2. The predicted octanol–water partition coefficient (Wildman–Crippen LogP) is 2.49. The van der Waals surface area contributed by atoms with Crippen LogP contribution >= 0.6 is 11.6 Å². The number of nitrogens with zero attached hydrogens (tertiary/aromatic N) is 1. The van der Waals surface area contributed by atoms with Gasteiger partial charge >= 0.3 is 0 Å². The molecular weight excluding hydrogens is 444 g/mol. The molecule has 1 atom stereocenters. The number of ether oxygens (including phenoxy) is 2. The van der Waals surface area contributed by atoms with Crippen molar-refractivity contribution in [1.29, 1.82) is 0 Å². The third-order valence-electron chi connectivity index (χ3n) is 6.75. The first-order chi connectivity index (χ1) is 15.9. The summed E-state index contributed by atoms with van der Waals surface area (Å²) < 4.78 is 10.5. The number of hydrogen-bond donors (Lipinski definition) is 3. The molecule has 9 heteroatoms. The van der Waals surface area contributed by atoms with Crippen LogP contribution in [-0.4, -0.2) is 75.7 Å². The Balaban J connectivity index is 1.61. The fourth-order valence-corrected chi connectivity index (χ4v) is 5.13. The van der Waals surface area contributed by atoms with Gasteiger partial charge in [0.1, 0.15) is 11.5 Å². The number of methoxy groups -OCH3 is 2. The number of piperidine rings is 2. The number of carbonyl (C=O) groups excluding carboxylic acids is 2. The summed E-state index contributed by atoms with van der Waals surface area (Å²) in [7, 11) is 3.17. The Bertz CT molecular complexity index is 808. The molecule has 2 aliphatic rings. The summed E-state index contributed by atoms with van der Waals surface area (Å²) in [6.45, 7) is 4.11. The molecule has 0 spiro atoms. The Labute approximate surface area is 201 Å². The normalized spacial score (nSPS) is 19.2. The molecule has 2 aliphatic heterocycles. The molecular formula is C24H37ClN4O4. The van der Waals surface area contributed by atoms with Crippen molar-refractivity contribution in [2.75, 3.05) is 52.7 Å². The highest BCUT2D eigenvalue weighted by Crippen LogP contribution is 2.30. The molecule has 2 saturated heterocycles. The van der Waals surface area contributed by atoms with E-state index in [-0.39, 0.29) is 18.0 Å². The Morgan fingerprint density at radius 3 is 2.55 bits per heavy atom. The van der Waals surface area contributed by atoms with Crippen molar-refractivity contribution in [3.8, 4) is 5.75 Å². The maximum absolute atomic E-state index is 13.2. The van der Waals surface area contributed by atoms with Gasteiger partial charge < -0.3 is 25.8 Å². The van der Waals surface area contributed by atoms with Gasteiger partial charge in [-0.15, -0.1) is 0 Å². The molecule has 184 valence electrons. The second-order valence-electron chi connectivity index (χ2n) is 8.95. The molecule has 0 aromatic heterocycles. The van der Waals surface area contributed by atoms with Crippen LogP contribution in [0.15, 0.2) is 12.1 Å². The molecule has 1 aromatic rings. The van der Waals surface area contributed by atoms with Crippen molar-refractivity contribution in [2.45, 2.75) is 50.6 Å². The number of Topliss-reactive ketones (excluding diaryl/α,β-unsaturated/α-hetero) is 1. The maximum atomic E-state index is 13.2. The van der Waals surface area contributed by atoms with E-state index in [1.165, 1.54) is 7.11 Å². The van der Waals surface area contributed by atoms with Gasteiger partial charge in [-0.2, -0.15) is 0 Å². The minimum Gasteiger partial charge on any atom is -0.496 e. The number of rotatable bonds is 10. The quantitative estimate of drug-likeness (QED) is 0.349. The number of carbonyl (C=O) groups is 2. The molecule has 1 amide bonds. The summed E-state index contributed by atoms with van der Waals surface area (Å²) in [5, 5.41) is 6.84. The Kier molecular flexibility index (Phi) is 9.79. The van der Waals surface area contributed by atoms with Gasteiger partial charge in [0.15, 0.2) is 0 Å². The lowest BCUT2D eigenvalue weighted by Gasteiger charge is -2.41. The topological polar surface area (TPSA) is 106 Å². The molecule has 8 nitrogen and oxygen atoms in total. The number of ketones is 1. The molecule has 0 bridgehead atoms. The first-order valence-electron chi connectivity index (χ1n) is 11.8. The molecule has 1 unspecified atom stereocenters. The third-order valence-corrected chi connectivity index (χ3v) is 7.08. The Morgan fingerprint density at radius 1 is 1.21 bits per heavy atom. The number of amides is 1. The van der Waals surface area contributed by atoms with E-state index in [1.54, 1.807) is 19.2 Å². The number of likely N-dealkylation sites (tertiary alicyclic amines) is 1. The van der Waals surface area contributed by atoms with Crippen molar-refractivity contribution in [3.63, 3.8) is 0 Å². The fourth-order valence-electron chi connectivity index (χ4n) is 4.96. The van der Waals surface area contributed by atoms with Gasteiger partial charge in [0.2, 0.25) is 0 Å². The van der Waals surface area contributed by atoms with E-state index in [4.69, 9.17) is 26.8 Å². The molecule has 0 aliphatic carbocycles. The van der Waals surface area contributed by atoms with Gasteiger partial charge in [0.05, 0.1) is 29.4 Å². The Hall–Kier alpha value is -1.87. The van der Waals surface area contributed by atoms with Gasteiger partial charge in [-0.05, 0) is 57.2 Å². The van der Waals surface area contributed by atoms with E-state index in [1.807, 2.05) is 0 Å². The highest BCUT2D eigenvalue weighted by atomic mass is 35.5. The SMILES string of the molecule is COCCCC(=O)C(C1CCNCC1)N1CCC(NC(=O)c2cc(Cl)c(N)cc2OC)CC1. The van der Waals surface area contributed by atoms with Gasteiger partial charge in [-0.1, -0.05) is 11.6 Å². The van der Waals surface area contributed by atoms with Crippen molar-refractivity contribution < 1.29 is 19.1 Å². The highest BCUT2D eigenvalue weighted by molar-refractivity contribution is 6.33. The van der Waals surface area contributed by atoms with E-state index < -0.39 is 0 Å². The molecule has 2 heterocycles. The second kappa shape index (κ2) is 12.6. The van der Waals surface area contributed by atoms with Crippen LogP contribution < -0.4 is 21.1 Å². The summed E-state index contributed by atoms with van der Waals surface area (Å²) in [5.74, 6) is 0.883. The van der Waals surface area contributed by atoms with Crippen molar-refractivity contribution in [1.82, 2.24) is 15.5 Å². The standard InChI is InChI=1S/C24H37ClN4O4/c1-32-13-3-4-21(30)23(16-5-9-27-10-6-16)29-11-7-17(8-12-29)28-24(31)18-14-19(25)20(26)15-22(18)33-2/h14-17,23,27H,3-13,26H2,1-2H3,(H,28,31). The maximum Gasteiger partial charge on any atom is 0.255 e. The van der Waals surface area contributed by atoms with Gasteiger partial charge in [-0.25, -0.2) is 0 Å². The summed E-state index contributed by atoms with van der Waals surface area (Å²) in [4.78, 5) is 28.4. The number of anilines is 1. The molecule has 1 aromatic carbocycles. The molecule has 0 saturated carbocycles. The van der Waals surface area contributed by atoms with Crippen LogP contribution in [-0.2, 0) is 9.53 Å². The molecule has 3 rings (SSSR count). The van der Waals surface area contributed by atoms with E-state index >= 15 is 0 Å². The van der Waals surface area contributed by atoms with E-state index in [0.29, 0.717) is 46.8 Å². The summed E-state index contributed by atoms with van der Waals surface area (Å²) in [6, 6.07) is 3.11. The van der Waals surface area contributed by atoms with Crippen LogP contribution in [0, 0.1) is 5.92 Å². The van der Waals surface area contributed by atoms with Gasteiger partial charge in [-0.3, -0.25) is 14.5 Å². The van der Waals surface area contributed by atoms with Crippen LogP contribution in [0.4, 0.5) is 5.69 Å². The number of benzene rings is 1. The van der Waals surface area contributed by atoms with E-state index in [2.05, 4.69) is 15.5 Å². The summed E-state index contributed by atoms with van der Waals surface area (Å²) in [6.07, 6.45) is 4.95. The average Bonchev–Trinajstić information content (AvgIpc) is 2.82. The molecule has 33 heavy (non-hydrogen) atoms. The number of nitrogens with two attached hydrogens (primary N) is 1. The van der Waals surface area contributed by atoms with Crippen LogP contribution in [0.5, 0.6) is 5.75 Å². The zero-order chi connectivity index (χ0) is 23.8. The molecule has 4 N–H and O–H groups in total. The summed E-state index contributed by atoms with van der Waals surface area (Å²) >= 11 is 6.12. The first kappa shape index (κ1) is 25.7. The van der Waals surface area contributed by atoms with Crippen LogP contribution in [0.2, 0.25) is 5.02 Å².